The predicted molar refractivity (Wildman–Crippen MR) is 37.2 cm³/mol. The summed E-state index contributed by atoms with van der Waals surface area (Å²) < 4.78 is 22.6. The first-order valence-corrected chi connectivity index (χ1v) is 4.38. The first kappa shape index (κ1) is 8.91. The average Bonchev–Trinajstić information content (AvgIpc) is 1.65. The van der Waals surface area contributed by atoms with Gasteiger partial charge in [0, 0.05) is 14.1 Å². The third-order valence-corrected chi connectivity index (χ3v) is 2.81. The Morgan fingerprint density at radius 2 is 2.00 bits per heavy atom. The Balaban J connectivity index is 4.05. The summed E-state index contributed by atoms with van der Waals surface area (Å²) in [4.78, 5) is 0. The van der Waals surface area contributed by atoms with Crippen LogP contribution in [0.5, 0.6) is 0 Å². The smallest absolute Gasteiger partial charge is 0.212 e. The first-order valence-electron chi connectivity index (χ1n) is 2.78. The van der Waals surface area contributed by atoms with E-state index in [1.807, 2.05) is 6.92 Å². The van der Waals surface area contributed by atoms with Gasteiger partial charge in [-0.2, -0.15) is 0 Å². The van der Waals surface area contributed by atoms with Gasteiger partial charge < -0.3 is 0 Å². The van der Waals surface area contributed by atoms with Crippen LogP contribution in [0.4, 0.5) is 0 Å². The molecule has 0 amide bonds. The maximum Gasteiger partial charge on any atom is 0.213 e. The minimum atomic E-state index is -3.03. The summed E-state index contributed by atoms with van der Waals surface area (Å²) in [6.07, 6.45) is 0.641. The van der Waals surface area contributed by atoms with Gasteiger partial charge in [0.15, 0.2) is 0 Å². The van der Waals surface area contributed by atoms with E-state index in [4.69, 9.17) is 0 Å². The summed E-state index contributed by atoms with van der Waals surface area (Å²) in [5.41, 5.74) is 0. The van der Waals surface area contributed by atoms with E-state index in [2.05, 4.69) is 7.05 Å². The number of hydrogen-bond donors (Lipinski definition) is 0. The van der Waals surface area contributed by atoms with Gasteiger partial charge in [0.25, 0.3) is 0 Å². The normalized spacial score (nSPS) is 12.4. The van der Waals surface area contributed by atoms with E-state index >= 15 is 0 Å². The van der Waals surface area contributed by atoms with Crippen LogP contribution in [-0.4, -0.2) is 25.5 Å². The van der Waals surface area contributed by atoms with Crippen molar-refractivity contribution < 1.29 is 8.42 Å². The molecule has 0 atom stereocenters. The standard InChI is InChI=1S/C5H12NO2S/c1-4-5-9(7,8)6(2)3/h2,4-5H2,1,3H3. The Morgan fingerprint density at radius 1 is 1.56 bits per heavy atom. The third kappa shape index (κ3) is 2.81. The van der Waals surface area contributed by atoms with Gasteiger partial charge in [-0.1, -0.05) is 6.92 Å². The Kier molecular flexibility index (Phi) is 3.14. The fourth-order valence-electron chi connectivity index (χ4n) is 0.414. The fourth-order valence-corrected chi connectivity index (χ4v) is 1.24. The summed E-state index contributed by atoms with van der Waals surface area (Å²) in [6, 6.07) is 0. The van der Waals surface area contributed by atoms with E-state index in [0.29, 0.717) is 6.42 Å². The van der Waals surface area contributed by atoms with Gasteiger partial charge in [0.1, 0.15) is 0 Å². The number of nitrogens with zero attached hydrogens (tertiary/aromatic N) is 1. The van der Waals surface area contributed by atoms with Crippen molar-refractivity contribution in [2.45, 2.75) is 13.3 Å². The van der Waals surface area contributed by atoms with Crippen molar-refractivity contribution in [2.24, 2.45) is 0 Å². The third-order valence-electron chi connectivity index (χ3n) is 0.937. The Hall–Kier alpha value is -0.0900. The molecule has 55 valence electrons. The van der Waals surface area contributed by atoms with Crippen LogP contribution >= 0.6 is 0 Å². The lowest BCUT2D eigenvalue weighted by molar-refractivity contribution is 0.536. The molecule has 4 heteroatoms. The summed E-state index contributed by atoms with van der Waals surface area (Å²) in [5, 5.41) is 0. The SMILES string of the molecule is [CH2]N(C)S(=O)(=O)CCC. The van der Waals surface area contributed by atoms with Crippen molar-refractivity contribution in [1.82, 2.24) is 4.31 Å². The molecular weight excluding hydrogens is 138 g/mol. The molecule has 3 nitrogen and oxygen atoms in total. The highest BCUT2D eigenvalue weighted by Crippen LogP contribution is 1.96. The average molecular weight is 150 g/mol. The second-order valence-corrected chi connectivity index (χ2v) is 4.11. The van der Waals surface area contributed by atoms with Crippen LogP contribution in [0.2, 0.25) is 0 Å². The van der Waals surface area contributed by atoms with Crippen molar-refractivity contribution >= 4 is 10.0 Å². The van der Waals surface area contributed by atoms with Crippen LogP contribution in [-0.2, 0) is 10.0 Å². The topological polar surface area (TPSA) is 37.4 Å². The summed E-state index contributed by atoms with van der Waals surface area (Å²) in [6.45, 7) is 1.82. The van der Waals surface area contributed by atoms with Crippen molar-refractivity contribution in [3.63, 3.8) is 0 Å². The Labute approximate surface area is 56.7 Å². The molecular formula is C5H12NO2S. The zero-order chi connectivity index (χ0) is 7.49. The van der Waals surface area contributed by atoms with E-state index < -0.39 is 10.0 Å². The lowest BCUT2D eigenvalue weighted by atomic mass is 10.6. The van der Waals surface area contributed by atoms with Gasteiger partial charge in [0.2, 0.25) is 10.0 Å². The van der Waals surface area contributed by atoms with Crippen LogP contribution in [0.15, 0.2) is 0 Å². The quantitative estimate of drug-likeness (QED) is 0.585. The molecule has 0 saturated heterocycles. The van der Waals surface area contributed by atoms with Crippen LogP contribution in [0.3, 0.4) is 0 Å². The first-order chi connectivity index (χ1) is 4.00. The van der Waals surface area contributed by atoms with Crippen molar-refractivity contribution in [3.8, 4) is 0 Å². The Morgan fingerprint density at radius 3 is 2.11 bits per heavy atom. The lowest BCUT2D eigenvalue weighted by Crippen LogP contribution is -2.22. The van der Waals surface area contributed by atoms with Crippen molar-refractivity contribution in [2.75, 3.05) is 12.8 Å². The molecule has 0 saturated carbocycles. The molecule has 0 heterocycles. The fraction of sp³-hybridized carbons (Fsp3) is 0.800. The monoisotopic (exact) mass is 150 g/mol. The second-order valence-electron chi connectivity index (χ2n) is 1.91. The minimum Gasteiger partial charge on any atom is -0.212 e. The molecule has 0 aliphatic rings. The molecule has 9 heavy (non-hydrogen) atoms. The highest BCUT2D eigenvalue weighted by atomic mass is 32.2. The number of rotatable bonds is 3. The van der Waals surface area contributed by atoms with Gasteiger partial charge in [-0.15, -0.1) is 0 Å². The molecule has 0 aliphatic carbocycles. The summed E-state index contributed by atoms with van der Waals surface area (Å²) in [5.74, 6) is 0.187. The van der Waals surface area contributed by atoms with Gasteiger partial charge in [-0.05, 0) is 6.42 Å². The molecule has 0 spiro atoms. The van der Waals surface area contributed by atoms with Crippen molar-refractivity contribution in [1.29, 1.82) is 0 Å². The zero-order valence-corrected chi connectivity index (χ0v) is 6.61. The second kappa shape index (κ2) is 3.17. The van der Waals surface area contributed by atoms with Crippen LogP contribution in [0.1, 0.15) is 13.3 Å². The van der Waals surface area contributed by atoms with E-state index in [1.54, 1.807) is 0 Å². The van der Waals surface area contributed by atoms with Gasteiger partial charge in [-0.25, -0.2) is 12.7 Å². The van der Waals surface area contributed by atoms with E-state index in [0.717, 1.165) is 4.31 Å². The molecule has 0 aromatic rings. The minimum absolute atomic E-state index is 0.187. The van der Waals surface area contributed by atoms with Gasteiger partial charge in [0.05, 0.1) is 5.75 Å². The maximum atomic E-state index is 10.8. The molecule has 0 fully saturated rings. The van der Waals surface area contributed by atoms with Crippen LogP contribution < -0.4 is 0 Å². The zero-order valence-electron chi connectivity index (χ0n) is 5.79. The molecule has 0 unspecified atom stereocenters. The molecule has 0 N–H and O–H groups in total. The molecule has 0 rings (SSSR count). The predicted octanol–water partition coefficient (Wildman–Crippen LogP) is 0.450. The van der Waals surface area contributed by atoms with Gasteiger partial charge in [-0.3, -0.25) is 0 Å². The molecule has 0 aromatic carbocycles. The molecule has 1 radical (unpaired) electrons. The lowest BCUT2D eigenvalue weighted by Gasteiger charge is -2.08. The van der Waals surface area contributed by atoms with E-state index in [1.165, 1.54) is 7.05 Å². The Bertz CT molecular complexity index is 160. The molecule has 0 bridgehead atoms. The number of hydrogen-bond acceptors (Lipinski definition) is 2. The summed E-state index contributed by atoms with van der Waals surface area (Å²) in [7, 11) is 1.68. The maximum absolute atomic E-state index is 10.8. The molecule has 0 aromatic heterocycles. The van der Waals surface area contributed by atoms with Gasteiger partial charge >= 0.3 is 0 Å². The molecule has 0 aliphatic heterocycles. The van der Waals surface area contributed by atoms with E-state index in [-0.39, 0.29) is 5.75 Å². The largest absolute Gasteiger partial charge is 0.213 e. The van der Waals surface area contributed by atoms with E-state index in [9.17, 15) is 8.42 Å². The van der Waals surface area contributed by atoms with Crippen LogP contribution in [0, 0.1) is 7.05 Å². The summed E-state index contributed by atoms with van der Waals surface area (Å²) >= 11 is 0. The highest BCUT2D eigenvalue weighted by Gasteiger charge is 2.10. The highest BCUT2D eigenvalue weighted by molar-refractivity contribution is 7.89. The number of sulfonamides is 1. The van der Waals surface area contributed by atoms with Crippen molar-refractivity contribution in [3.05, 3.63) is 7.05 Å². The van der Waals surface area contributed by atoms with Crippen LogP contribution in [0.25, 0.3) is 0 Å².